The second-order valence-corrected chi connectivity index (χ2v) is 5.85. The highest BCUT2D eigenvalue weighted by Gasteiger charge is 2.29. The first-order chi connectivity index (χ1) is 8.02. The summed E-state index contributed by atoms with van der Waals surface area (Å²) in [7, 11) is 1.64. The molecule has 0 radical (unpaired) electrons. The van der Waals surface area contributed by atoms with E-state index in [1.165, 1.54) is 11.3 Å². The van der Waals surface area contributed by atoms with E-state index in [2.05, 4.69) is 4.98 Å². The molecule has 1 atom stereocenters. The van der Waals surface area contributed by atoms with Crippen molar-refractivity contribution in [2.24, 2.45) is 0 Å². The molecule has 5 heteroatoms. The predicted molar refractivity (Wildman–Crippen MR) is 66.0 cm³/mol. The first-order valence-corrected chi connectivity index (χ1v) is 6.67. The fraction of sp³-hybridized carbons (Fsp3) is 0.750. The SMILES string of the molecule is COCc1nc(C2CCCO2)sc1C(C)(C)O. The van der Waals surface area contributed by atoms with Crippen molar-refractivity contribution in [1.82, 2.24) is 4.98 Å². The van der Waals surface area contributed by atoms with Gasteiger partial charge in [-0.1, -0.05) is 0 Å². The summed E-state index contributed by atoms with van der Waals surface area (Å²) >= 11 is 1.54. The molecule has 4 nitrogen and oxygen atoms in total. The van der Waals surface area contributed by atoms with Crippen molar-refractivity contribution in [3.8, 4) is 0 Å². The number of rotatable bonds is 4. The third kappa shape index (κ3) is 2.85. The summed E-state index contributed by atoms with van der Waals surface area (Å²) in [6.45, 7) is 4.79. The van der Waals surface area contributed by atoms with E-state index in [1.54, 1.807) is 21.0 Å². The Labute approximate surface area is 106 Å². The van der Waals surface area contributed by atoms with Crippen LogP contribution in [0.25, 0.3) is 0 Å². The second kappa shape index (κ2) is 5.02. The lowest BCUT2D eigenvalue weighted by molar-refractivity contribution is 0.0782. The van der Waals surface area contributed by atoms with Gasteiger partial charge in [-0.15, -0.1) is 11.3 Å². The van der Waals surface area contributed by atoms with Crippen LogP contribution < -0.4 is 0 Å². The average Bonchev–Trinajstić information content (AvgIpc) is 2.82. The Morgan fingerprint density at radius 1 is 1.59 bits per heavy atom. The van der Waals surface area contributed by atoms with E-state index in [9.17, 15) is 5.11 Å². The van der Waals surface area contributed by atoms with Crippen LogP contribution in [0.15, 0.2) is 0 Å². The van der Waals surface area contributed by atoms with Crippen LogP contribution in [0.5, 0.6) is 0 Å². The lowest BCUT2D eigenvalue weighted by Gasteiger charge is -2.16. The summed E-state index contributed by atoms with van der Waals surface area (Å²) in [5.41, 5.74) is -0.0435. The third-order valence-electron chi connectivity index (χ3n) is 2.76. The predicted octanol–water partition coefficient (Wildman–Crippen LogP) is 2.37. The fourth-order valence-electron chi connectivity index (χ4n) is 1.99. The molecule has 0 spiro atoms. The van der Waals surface area contributed by atoms with Gasteiger partial charge in [0.05, 0.1) is 22.8 Å². The van der Waals surface area contributed by atoms with Crippen LogP contribution in [0.4, 0.5) is 0 Å². The second-order valence-electron chi connectivity index (χ2n) is 4.82. The molecule has 17 heavy (non-hydrogen) atoms. The normalized spacial score (nSPS) is 21.1. The zero-order valence-corrected chi connectivity index (χ0v) is 11.3. The van der Waals surface area contributed by atoms with Gasteiger partial charge in [0.25, 0.3) is 0 Å². The van der Waals surface area contributed by atoms with Crippen LogP contribution in [0.3, 0.4) is 0 Å². The Kier molecular flexibility index (Phi) is 3.82. The van der Waals surface area contributed by atoms with E-state index in [0.717, 1.165) is 35.0 Å². The minimum absolute atomic E-state index is 0.103. The lowest BCUT2D eigenvalue weighted by Crippen LogP contribution is -2.16. The Bertz CT molecular complexity index is 378. The Hall–Kier alpha value is -0.490. The molecule has 1 aromatic rings. The summed E-state index contributed by atoms with van der Waals surface area (Å²) < 4.78 is 10.8. The molecule has 1 aliphatic rings. The quantitative estimate of drug-likeness (QED) is 0.899. The van der Waals surface area contributed by atoms with E-state index in [1.807, 2.05) is 0 Å². The van der Waals surface area contributed by atoms with Gasteiger partial charge in [0.2, 0.25) is 0 Å². The van der Waals surface area contributed by atoms with Crippen molar-refractivity contribution in [3.05, 3.63) is 15.6 Å². The zero-order chi connectivity index (χ0) is 12.5. The smallest absolute Gasteiger partial charge is 0.122 e. The molecule has 1 fully saturated rings. The van der Waals surface area contributed by atoms with E-state index < -0.39 is 5.60 Å². The topological polar surface area (TPSA) is 51.6 Å². The lowest BCUT2D eigenvalue weighted by atomic mass is 10.1. The molecule has 0 aromatic carbocycles. The van der Waals surface area contributed by atoms with Crippen LogP contribution in [-0.4, -0.2) is 23.8 Å². The van der Waals surface area contributed by atoms with Gasteiger partial charge in [-0.2, -0.15) is 0 Å². The van der Waals surface area contributed by atoms with Gasteiger partial charge in [0.15, 0.2) is 0 Å². The highest BCUT2D eigenvalue weighted by atomic mass is 32.1. The maximum absolute atomic E-state index is 10.1. The highest BCUT2D eigenvalue weighted by molar-refractivity contribution is 7.12. The molecule has 1 saturated heterocycles. The molecule has 0 saturated carbocycles. The van der Waals surface area contributed by atoms with E-state index in [4.69, 9.17) is 9.47 Å². The molecule has 2 heterocycles. The van der Waals surface area contributed by atoms with Crippen molar-refractivity contribution in [1.29, 1.82) is 0 Å². The summed E-state index contributed by atoms with van der Waals surface area (Å²) in [5, 5.41) is 11.1. The van der Waals surface area contributed by atoms with Crippen LogP contribution in [0, 0.1) is 0 Å². The van der Waals surface area contributed by atoms with Crippen molar-refractivity contribution in [2.75, 3.05) is 13.7 Å². The average molecular weight is 257 g/mol. The molecule has 0 bridgehead atoms. The minimum Gasteiger partial charge on any atom is -0.385 e. The zero-order valence-electron chi connectivity index (χ0n) is 10.5. The van der Waals surface area contributed by atoms with Crippen LogP contribution >= 0.6 is 11.3 Å². The molecular weight excluding hydrogens is 238 g/mol. The van der Waals surface area contributed by atoms with Crippen LogP contribution in [0.1, 0.15) is 48.4 Å². The third-order valence-corrected chi connectivity index (χ3v) is 4.26. The minimum atomic E-state index is -0.873. The number of aliphatic hydroxyl groups is 1. The summed E-state index contributed by atoms with van der Waals surface area (Å²) in [6.07, 6.45) is 2.21. The van der Waals surface area contributed by atoms with Crippen molar-refractivity contribution < 1.29 is 14.6 Å². The number of hydrogen-bond acceptors (Lipinski definition) is 5. The van der Waals surface area contributed by atoms with E-state index >= 15 is 0 Å². The Morgan fingerprint density at radius 3 is 2.88 bits per heavy atom. The monoisotopic (exact) mass is 257 g/mol. The Morgan fingerprint density at radius 2 is 2.35 bits per heavy atom. The Balaban J connectivity index is 2.29. The highest BCUT2D eigenvalue weighted by Crippen LogP contribution is 2.37. The fourth-order valence-corrected chi connectivity index (χ4v) is 3.15. The van der Waals surface area contributed by atoms with E-state index in [-0.39, 0.29) is 6.10 Å². The molecule has 0 amide bonds. The largest absolute Gasteiger partial charge is 0.385 e. The van der Waals surface area contributed by atoms with Crippen LogP contribution in [0.2, 0.25) is 0 Å². The molecule has 2 rings (SSSR count). The van der Waals surface area contributed by atoms with Gasteiger partial charge >= 0.3 is 0 Å². The number of methoxy groups -OCH3 is 1. The molecule has 96 valence electrons. The maximum atomic E-state index is 10.1. The van der Waals surface area contributed by atoms with Crippen molar-refractivity contribution >= 4 is 11.3 Å². The summed E-state index contributed by atoms with van der Waals surface area (Å²) in [6, 6.07) is 0. The number of ether oxygens (including phenoxy) is 2. The van der Waals surface area contributed by atoms with Gasteiger partial charge in [-0.25, -0.2) is 4.98 Å². The number of thiazole rings is 1. The van der Waals surface area contributed by atoms with Gasteiger partial charge in [0.1, 0.15) is 11.1 Å². The summed E-state index contributed by atoms with van der Waals surface area (Å²) in [4.78, 5) is 5.44. The maximum Gasteiger partial charge on any atom is 0.122 e. The molecular formula is C12H19NO3S. The molecule has 1 aliphatic heterocycles. The van der Waals surface area contributed by atoms with Gasteiger partial charge in [-0.3, -0.25) is 0 Å². The van der Waals surface area contributed by atoms with Gasteiger partial charge < -0.3 is 14.6 Å². The van der Waals surface area contributed by atoms with Crippen molar-refractivity contribution in [2.45, 2.75) is 45.0 Å². The van der Waals surface area contributed by atoms with Crippen molar-refractivity contribution in [3.63, 3.8) is 0 Å². The summed E-state index contributed by atoms with van der Waals surface area (Å²) in [5.74, 6) is 0. The number of aromatic nitrogens is 1. The molecule has 0 aliphatic carbocycles. The van der Waals surface area contributed by atoms with E-state index in [0.29, 0.717) is 6.61 Å². The first kappa shape index (κ1) is 13.0. The standard InChI is InChI=1S/C12H19NO3S/c1-12(2,14)10-8(7-15-3)13-11(17-10)9-5-4-6-16-9/h9,14H,4-7H2,1-3H3. The van der Waals surface area contributed by atoms with Gasteiger partial charge in [0, 0.05) is 13.7 Å². The molecule has 1 N–H and O–H groups in total. The number of hydrogen-bond donors (Lipinski definition) is 1. The molecule has 1 unspecified atom stereocenters. The first-order valence-electron chi connectivity index (χ1n) is 5.85. The van der Waals surface area contributed by atoms with Gasteiger partial charge in [-0.05, 0) is 26.7 Å². The molecule has 1 aromatic heterocycles. The number of nitrogens with zero attached hydrogens (tertiary/aromatic N) is 1. The van der Waals surface area contributed by atoms with Crippen LogP contribution in [-0.2, 0) is 21.7 Å².